The normalized spacial score (nSPS) is 10.3. The van der Waals surface area contributed by atoms with Gasteiger partial charge in [0.2, 0.25) is 5.88 Å². The Bertz CT molecular complexity index is 519. The fourth-order valence-electron chi connectivity index (χ4n) is 1.17. The van der Waals surface area contributed by atoms with Crippen LogP contribution in [0.4, 0.5) is 4.39 Å². The first-order valence-electron chi connectivity index (χ1n) is 4.83. The Balaban J connectivity index is 2.22. The third-order valence-corrected chi connectivity index (χ3v) is 2.65. The molecule has 1 aromatic heterocycles. The largest absolute Gasteiger partial charge is 0.436 e. The lowest BCUT2D eigenvalue weighted by molar-refractivity contribution is 0.452. The van der Waals surface area contributed by atoms with Gasteiger partial charge in [-0.1, -0.05) is 0 Å². The summed E-state index contributed by atoms with van der Waals surface area (Å²) in [5.41, 5.74) is 6.06. The lowest BCUT2D eigenvalue weighted by Gasteiger charge is -2.06. The number of benzene rings is 1. The minimum atomic E-state index is -0.380. The summed E-state index contributed by atoms with van der Waals surface area (Å²) in [5.74, 6) is 0.253. The predicted molar refractivity (Wildman–Crippen MR) is 64.1 cm³/mol. The molecule has 0 radical (unpaired) electrons. The molecule has 1 aromatic carbocycles. The van der Waals surface area contributed by atoms with Crippen molar-refractivity contribution in [3.05, 3.63) is 46.6 Å². The second-order valence-electron chi connectivity index (χ2n) is 3.23. The van der Waals surface area contributed by atoms with E-state index >= 15 is 0 Å². The Morgan fingerprint density at radius 1 is 1.29 bits per heavy atom. The molecule has 1 heterocycles. The second-order valence-corrected chi connectivity index (χ2v) is 4.08. The Kier molecular flexibility index (Phi) is 3.65. The van der Waals surface area contributed by atoms with Crippen molar-refractivity contribution in [1.29, 1.82) is 0 Å². The predicted octanol–water partition coefficient (Wildman–Crippen LogP) is 2.63. The molecule has 0 aliphatic carbocycles. The maximum Gasteiger partial charge on any atom is 0.237 e. The highest BCUT2D eigenvalue weighted by atomic mass is 79.9. The van der Waals surface area contributed by atoms with Crippen LogP contribution in [0, 0.1) is 5.82 Å². The molecule has 2 N–H and O–H groups in total. The molecule has 17 heavy (non-hydrogen) atoms. The van der Waals surface area contributed by atoms with Crippen LogP contribution in [0.2, 0.25) is 0 Å². The first-order valence-corrected chi connectivity index (χ1v) is 5.62. The van der Waals surface area contributed by atoms with Gasteiger partial charge in [-0.15, -0.1) is 0 Å². The molecular formula is C11H9BrFN3O. The Morgan fingerprint density at radius 2 is 2.12 bits per heavy atom. The molecule has 0 amide bonds. The van der Waals surface area contributed by atoms with Gasteiger partial charge in [-0.25, -0.2) is 9.37 Å². The van der Waals surface area contributed by atoms with E-state index in [1.807, 2.05) is 0 Å². The van der Waals surface area contributed by atoms with Gasteiger partial charge in [0.1, 0.15) is 11.6 Å². The SMILES string of the molecule is NCc1cnc(Oc2cc(F)ccc2Br)cn1. The van der Waals surface area contributed by atoms with Gasteiger partial charge in [0.05, 0.1) is 22.6 Å². The summed E-state index contributed by atoms with van der Waals surface area (Å²) in [6.07, 6.45) is 2.96. The summed E-state index contributed by atoms with van der Waals surface area (Å²) >= 11 is 3.26. The number of aromatic nitrogens is 2. The summed E-state index contributed by atoms with van der Waals surface area (Å²) in [6.45, 7) is 0.316. The minimum Gasteiger partial charge on any atom is -0.436 e. The van der Waals surface area contributed by atoms with Crippen LogP contribution in [0.1, 0.15) is 5.69 Å². The number of halogens is 2. The monoisotopic (exact) mass is 297 g/mol. The highest BCUT2D eigenvalue weighted by Gasteiger charge is 2.05. The van der Waals surface area contributed by atoms with Crippen molar-refractivity contribution in [2.75, 3.05) is 0 Å². The Labute approximate surface area is 106 Å². The maximum atomic E-state index is 13.0. The molecule has 0 aliphatic heterocycles. The molecule has 0 unspecified atom stereocenters. The molecule has 6 heteroatoms. The van der Waals surface area contributed by atoms with Crippen molar-refractivity contribution in [1.82, 2.24) is 9.97 Å². The van der Waals surface area contributed by atoms with E-state index in [0.717, 1.165) is 0 Å². The topological polar surface area (TPSA) is 61.0 Å². The molecule has 88 valence electrons. The minimum absolute atomic E-state index is 0.286. The summed E-state index contributed by atoms with van der Waals surface area (Å²) in [5, 5.41) is 0. The highest BCUT2D eigenvalue weighted by molar-refractivity contribution is 9.10. The number of nitrogens with two attached hydrogens (primary N) is 1. The molecule has 2 aromatic rings. The van der Waals surface area contributed by atoms with Gasteiger partial charge < -0.3 is 10.5 Å². The smallest absolute Gasteiger partial charge is 0.237 e. The molecular weight excluding hydrogens is 289 g/mol. The van der Waals surface area contributed by atoms with Gasteiger partial charge >= 0.3 is 0 Å². The molecule has 0 atom stereocenters. The molecule has 2 rings (SSSR count). The van der Waals surface area contributed by atoms with E-state index < -0.39 is 0 Å². The fraction of sp³-hybridized carbons (Fsp3) is 0.0909. The van der Waals surface area contributed by atoms with Gasteiger partial charge in [-0.05, 0) is 28.1 Å². The number of rotatable bonds is 3. The number of ether oxygens (including phenoxy) is 1. The first kappa shape index (κ1) is 11.9. The molecule has 0 fully saturated rings. The van der Waals surface area contributed by atoms with Crippen LogP contribution in [0.25, 0.3) is 0 Å². The van der Waals surface area contributed by atoms with Gasteiger partial charge in [0.25, 0.3) is 0 Å². The zero-order valence-corrected chi connectivity index (χ0v) is 10.3. The lowest BCUT2D eigenvalue weighted by Crippen LogP contribution is -2.00. The van der Waals surface area contributed by atoms with Crippen molar-refractivity contribution in [2.45, 2.75) is 6.54 Å². The van der Waals surface area contributed by atoms with Crippen molar-refractivity contribution in [3.63, 3.8) is 0 Å². The zero-order valence-electron chi connectivity index (χ0n) is 8.73. The first-order chi connectivity index (χ1) is 8.19. The van der Waals surface area contributed by atoms with Crippen LogP contribution in [0.3, 0.4) is 0 Å². The Morgan fingerprint density at radius 3 is 2.76 bits per heavy atom. The summed E-state index contributed by atoms with van der Waals surface area (Å²) < 4.78 is 19.0. The van der Waals surface area contributed by atoms with Gasteiger partial charge in [0.15, 0.2) is 0 Å². The highest BCUT2D eigenvalue weighted by Crippen LogP contribution is 2.28. The van der Waals surface area contributed by atoms with Crippen LogP contribution in [0.15, 0.2) is 35.1 Å². The van der Waals surface area contributed by atoms with Crippen molar-refractivity contribution in [2.24, 2.45) is 5.73 Å². The lowest BCUT2D eigenvalue weighted by atomic mass is 10.3. The van der Waals surface area contributed by atoms with E-state index in [2.05, 4.69) is 25.9 Å². The van der Waals surface area contributed by atoms with Crippen LogP contribution in [-0.2, 0) is 6.54 Å². The van der Waals surface area contributed by atoms with Crippen molar-refractivity contribution in [3.8, 4) is 11.6 Å². The summed E-state index contributed by atoms with van der Waals surface area (Å²) in [4.78, 5) is 8.03. The van der Waals surface area contributed by atoms with E-state index in [1.165, 1.54) is 24.5 Å². The third kappa shape index (κ3) is 2.98. The second kappa shape index (κ2) is 5.20. The van der Waals surface area contributed by atoms with E-state index in [-0.39, 0.29) is 11.7 Å². The van der Waals surface area contributed by atoms with Crippen molar-refractivity contribution < 1.29 is 9.13 Å². The van der Waals surface area contributed by atoms with Gasteiger partial charge in [-0.3, -0.25) is 4.98 Å². The number of hydrogen-bond acceptors (Lipinski definition) is 4. The van der Waals surface area contributed by atoms with E-state index in [9.17, 15) is 4.39 Å². The standard InChI is InChI=1S/C11H9BrFN3O/c12-9-2-1-7(13)3-10(9)17-11-6-15-8(4-14)5-16-11/h1-3,5-6H,4,14H2. The molecule has 0 spiro atoms. The maximum absolute atomic E-state index is 13.0. The third-order valence-electron chi connectivity index (χ3n) is 2.00. The number of nitrogens with zero attached hydrogens (tertiary/aromatic N) is 2. The average molecular weight is 298 g/mol. The van der Waals surface area contributed by atoms with Crippen molar-refractivity contribution >= 4 is 15.9 Å². The van der Waals surface area contributed by atoms with Crippen LogP contribution in [0.5, 0.6) is 11.6 Å². The summed E-state index contributed by atoms with van der Waals surface area (Å²) in [7, 11) is 0. The fourth-order valence-corrected chi connectivity index (χ4v) is 1.50. The zero-order chi connectivity index (χ0) is 12.3. The molecule has 0 bridgehead atoms. The number of hydrogen-bond donors (Lipinski definition) is 1. The van der Waals surface area contributed by atoms with Crippen LogP contribution < -0.4 is 10.5 Å². The van der Waals surface area contributed by atoms with E-state index in [1.54, 1.807) is 6.07 Å². The van der Waals surface area contributed by atoms with Crippen LogP contribution in [-0.4, -0.2) is 9.97 Å². The molecule has 4 nitrogen and oxygen atoms in total. The Hall–Kier alpha value is -1.53. The molecule has 0 saturated carbocycles. The van der Waals surface area contributed by atoms with E-state index in [4.69, 9.17) is 10.5 Å². The molecule has 0 aliphatic rings. The van der Waals surface area contributed by atoms with Gasteiger partial charge in [-0.2, -0.15) is 0 Å². The van der Waals surface area contributed by atoms with Crippen LogP contribution >= 0.6 is 15.9 Å². The molecule has 0 saturated heterocycles. The quantitative estimate of drug-likeness (QED) is 0.946. The summed E-state index contributed by atoms with van der Waals surface area (Å²) in [6, 6.07) is 4.16. The average Bonchev–Trinajstić information content (AvgIpc) is 2.35. The van der Waals surface area contributed by atoms with E-state index in [0.29, 0.717) is 22.5 Å². The van der Waals surface area contributed by atoms with Gasteiger partial charge in [0, 0.05) is 12.6 Å².